The summed E-state index contributed by atoms with van der Waals surface area (Å²) < 4.78 is 0. The van der Waals surface area contributed by atoms with Gasteiger partial charge >= 0.3 is 0 Å². The van der Waals surface area contributed by atoms with E-state index in [9.17, 15) is 0 Å². The average molecular weight is 215 g/mol. The summed E-state index contributed by atoms with van der Waals surface area (Å²) in [6.45, 7) is 4.95. The summed E-state index contributed by atoms with van der Waals surface area (Å²) in [5, 5.41) is 6.74. The Morgan fingerprint density at radius 2 is 2.14 bits per heavy atom. The summed E-state index contributed by atoms with van der Waals surface area (Å²) in [4.78, 5) is 8.01. The molecule has 0 spiro atoms. The predicted molar refractivity (Wildman–Crippen MR) is 58.7 cm³/mol. The summed E-state index contributed by atoms with van der Waals surface area (Å²) in [6, 6.07) is 0. The molecule has 0 amide bonds. The van der Waals surface area contributed by atoms with Crippen molar-refractivity contribution < 1.29 is 0 Å². The van der Waals surface area contributed by atoms with Crippen LogP contribution in [0.2, 0.25) is 5.15 Å². The minimum atomic E-state index is 0.0179. The standard InChI is InChI=1S/C9H15ClN4/c1-9(2,11-3)6-13-8-5-12-4-7(10)14-8/h4-5,11H,6H2,1-3H3,(H,13,14). The van der Waals surface area contributed by atoms with Crippen LogP contribution in [0.1, 0.15) is 13.8 Å². The number of nitrogens with zero attached hydrogens (tertiary/aromatic N) is 2. The molecule has 0 unspecified atom stereocenters. The van der Waals surface area contributed by atoms with Crippen LogP contribution >= 0.6 is 11.6 Å². The van der Waals surface area contributed by atoms with Gasteiger partial charge in [-0.05, 0) is 20.9 Å². The first-order chi connectivity index (χ1) is 6.53. The Balaban J connectivity index is 2.54. The third kappa shape index (κ3) is 3.47. The molecule has 0 bridgehead atoms. The highest BCUT2D eigenvalue weighted by Crippen LogP contribution is 2.08. The number of hydrogen-bond donors (Lipinski definition) is 2. The monoisotopic (exact) mass is 214 g/mol. The van der Waals surface area contributed by atoms with Crippen molar-refractivity contribution in [3.05, 3.63) is 17.5 Å². The maximum absolute atomic E-state index is 5.70. The molecule has 0 saturated carbocycles. The van der Waals surface area contributed by atoms with Crippen LogP contribution in [0, 0.1) is 0 Å². The van der Waals surface area contributed by atoms with Crippen LogP contribution in [0.3, 0.4) is 0 Å². The molecule has 0 aliphatic heterocycles. The van der Waals surface area contributed by atoms with Crippen LogP contribution in [-0.4, -0.2) is 29.1 Å². The fraction of sp³-hybridized carbons (Fsp3) is 0.556. The molecule has 0 atom stereocenters. The van der Waals surface area contributed by atoms with Crippen LogP contribution < -0.4 is 10.6 Å². The van der Waals surface area contributed by atoms with Crippen molar-refractivity contribution in [3.8, 4) is 0 Å². The fourth-order valence-corrected chi connectivity index (χ4v) is 0.975. The molecule has 0 radical (unpaired) electrons. The molecule has 1 aromatic heterocycles. The second-order valence-corrected chi connectivity index (χ2v) is 4.10. The van der Waals surface area contributed by atoms with E-state index < -0.39 is 0 Å². The number of rotatable bonds is 4. The highest BCUT2D eigenvalue weighted by atomic mass is 35.5. The quantitative estimate of drug-likeness (QED) is 0.799. The molecule has 0 aromatic carbocycles. The molecule has 1 rings (SSSR count). The second-order valence-electron chi connectivity index (χ2n) is 3.71. The highest BCUT2D eigenvalue weighted by molar-refractivity contribution is 6.29. The Labute approximate surface area is 89.1 Å². The lowest BCUT2D eigenvalue weighted by Gasteiger charge is -2.24. The summed E-state index contributed by atoms with van der Waals surface area (Å²) >= 11 is 5.70. The Hall–Kier alpha value is -0.870. The molecule has 1 heterocycles. The zero-order valence-corrected chi connectivity index (χ0v) is 9.39. The topological polar surface area (TPSA) is 49.8 Å². The van der Waals surface area contributed by atoms with Gasteiger partial charge in [0.15, 0.2) is 0 Å². The SMILES string of the molecule is CNC(C)(C)CNc1cncc(Cl)n1. The van der Waals surface area contributed by atoms with Crippen molar-refractivity contribution in [3.63, 3.8) is 0 Å². The van der Waals surface area contributed by atoms with Gasteiger partial charge in [-0.3, -0.25) is 4.98 Å². The molecular weight excluding hydrogens is 200 g/mol. The molecule has 4 nitrogen and oxygen atoms in total. The molecule has 1 aromatic rings. The van der Waals surface area contributed by atoms with E-state index in [1.54, 1.807) is 6.20 Å². The molecule has 78 valence electrons. The van der Waals surface area contributed by atoms with Crippen molar-refractivity contribution in [1.29, 1.82) is 0 Å². The number of likely N-dealkylation sites (N-methyl/N-ethyl adjacent to an activating group) is 1. The average Bonchev–Trinajstić information content (AvgIpc) is 2.15. The van der Waals surface area contributed by atoms with Crippen molar-refractivity contribution in [1.82, 2.24) is 15.3 Å². The smallest absolute Gasteiger partial charge is 0.149 e. The van der Waals surface area contributed by atoms with E-state index in [-0.39, 0.29) is 5.54 Å². The lowest BCUT2D eigenvalue weighted by Crippen LogP contribution is -2.42. The van der Waals surface area contributed by atoms with Crippen LogP contribution in [0.25, 0.3) is 0 Å². The first-order valence-corrected chi connectivity index (χ1v) is 4.82. The Morgan fingerprint density at radius 3 is 2.71 bits per heavy atom. The Kier molecular flexibility index (Phi) is 3.66. The van der Waals surface area contributed by atoms with Gasteiger partial charge in [-0.25, -0.2) is 4.98 Å². The third-order valence-corrected chi connectivity index (χ3v) is 2.18. The first-order valence-electron chi connectivity index (χ1n) is 4.44. The van der Waals surface area contributed by atoms with Crippen LogP contribution in [0.15, 0.2) is 12.4 Å². The normalized spacial score (nSPS) is 11.4. The van der Waals surface area contributed by atoms with Crippen LogP contribution in [0.5, 0.6) is 0 Å². The van der Waals surface area contributed by atoms with E-state index in [1.807, 2.05) is 7.05 Å². The zero-order valence-electron chi connectivity index (χ0n) is 8.63. The molecule has 0 aliphatic carbocycles. The number of aromatic nitrogens is 2. The van der Waals surface area contributed by atoms with E-state index in [2.05, 4.69) is 34.4 Å². The molecule has 0 saturated heterocycles. The van der Waals surface area contributed by atoms with E-state index in [0.717, 1.165) is 6.54 Å². The summed E-state index contributed by atoms with van der Waals surface area (Å²) in [5.74, 6) is 0.695. The van der Waals surface area contributed by atoms with Gasteiger partial charge in [0, 0.05) is 12.1 Å². The number of hydrogen-bond acceptors (Lipinski definition) is 4. The second kappa shape index (κ2) is 4.57. The van der Waals surface area contributed by atoms with Gasteiger partial charge < -0.3 is 10.6 Å². The molecule has 14 heavy (non-hydrogen) atoms. The number of nitrogens with one attached hydrogen (secondary N) is 2. The van der Waals surface area contributed by atoms with E-state index >= 15 is 0 Å². The summed E-state index contributed by atoms with van der Waals surface area (Å²) in [5.41, 5.74) is 0.0179. The molecule has 0 aliphatic rings. The Morgan fingerprint density at radius 1 is 1.43 bits per heavy atom. The van der Waals surface area contributed by atoms with Gasteiger partial charge in [-0.1, -0.05) is 11.6 Å². The molecular formula is C9H15ClN4. The Bertz CT molecular complexity index is 301. The first kappa shape index (κ1) is 11.2. The van der Waals surface area contributed by atoms with E-state index in [4.69, 9.17) is 11.6 Å². The zero-order chi connectivity index (χ0) is 10.6. The van der Waals surface area contributed by atoms with Gasteiger partial charge in [-0.15, -0.1) is 0 Å². The van der Waals surface area contributed by atoms with E-state index in [0.29, 0.717) is 11.0 Å². The summed E-state index contributed by atoms with van der Waals surface area (Å²) in [6.07, 6.45) is 3.16. The highest BCUT2D eigenvalue weighted by Gasteiger charge is 2.13. The molecule has 2 N–H and O–H groups in total. The predicted octanol–water partition coefficient (Wildman–Crippen LogP) is 1.54. The fourth-order valence-electron chi connectivity index (χ4n) is 0.827. The molecule has 0 fully saturated rings. The van der Waals surface area contributed by atoms with Gasteiger partial charge in [-0.2, -0.15) is 0 Å². The third-order valence-electron chi connectivity index (χ3n) is 1.99. The molecule has 5 heteroatoms. The van der Waals surface area contributed by atoms with E-state index in [1.165, 1.54) is 6.20 Å². The maximum Gasteiger partial charge on any atom is 0.149 e. The van der Waals surface area contributed by atoms with Crippen LogP contribution in [0.4, 0.5) is 5.82 Å². The van der Waals surface area contributed by atoms with Gasteiger partial charge in [0.2, 0.25) is 0 Å². The maximum atomic E-state index is 5.70. The van der Waals surface area contributed by atoms with Crippen molar-refractivity contribution in [2.45, 2.75) is 19.4 Å². The largest absolute Gasteiger partial charge is 0.367 e. The van der Waals surface area contributed by atoms with Crippen molar-refractivity contribution >= 4 is 17.4 Å². The van der Waals surface area contributed by atoms with Gasteiger partial charge in [0.25, 0.3) is 0 Å². The van der Waals surface area contributed by atoms with Crippen LogP contribution in [-0.2, 0) is 0 Å². The minimum Gasteiger partial charge on any atom is -0.367 e. The van der Waals surface area contributed by atoms with Gasteiger partial charge in [0.1, 0.15) is 11.0 Å². The lowest BCUT2D eigenvalue weighted by atomic mass is 10.1. The minimum absolute atomic E-state index is 0.0179. The summed E-state index contributed by atoms with van der Waals surface area (Å²) in [7, 11) is 1.92. The van der Waals surface area contributed by atoms with Crippen molar-refractivity contribution in [2.24, 2.45) is 0 Å². The number of halogens is 1. The number of anilines is 1. The van der Waals surface area contributed by atoms with Crippen molar-refractivity contribution in [2.75, 3.05) is 18.9 Å². The van der Waals surface area contributed by atoms with Gasteiger partial charge in [0.05, 0.1) is 12.4 Å². The lowest BCUT2D eigenvalue weighted by molar-refractivity contribution is 0.447.